The predicted molar refractivity (Wildman–Crippen MR) is 87.9 cm³/mol. The van der Waals surface area contributed by atoms with Crippen molar-refractivity contribution in [3.63, 3.8) is 0 Å². The van der Waals surface area contributed by atoms with Crippen molar-refractivity contribution < 1.29 is 4.39 Å². The number of halogens is 1. The van der Waals surface area contributed by atoms with Gasteiger partial charge in [-0.1, -0.05) is 6.07 Å². The summed E-state index contributed by atoms with van der Waals surface area (Å²) in [5.74, 6) is -0.415. The molecular weight excluding hydrogens is 295 g/mol. The summed E-state index contributed by atoms with van der Waals surface area (Å²) in [6.45, 7) is 4.47. The standard InChI is InChI=1S/C17H19FN4O/c1-10(6-12-7-11(2)21-22-12)19-9-13-8-16(23)14-4-3-5-15(18)17(14)20-13/h3-5,7-8,10,19H,6,9H2,1-2H3,(H,20,23)(H,21,22)/t10-/m0/s1. The van der Waals surface area contributed by atoms with E-state index in [-0.39, 0.29) is 17.0 Å². The lowest BCUT2D eigenvalue weighted by atomic mass is 10.1. The molecule has 0 fully saturated rings. The topological polar surface area (TPSA) is 73.6 Å². The van der Waals surface area contributed by atoms with E-state index in [1.165, 1.54) is 12.1 Å². The van der Waals surface area contributed by atoms with Crippen LogP contribution < -0.4 is 10.7 Å². The van der Waals surface area contributed by atoms with Gasteiger partial charge in [-0.2, -0.15) is 5.10 Å². The van der Waals surface area contributed by atoms with Crippen LogP contribution in [0, 0.1) is 12.7 Å². The van der Waals surface area contributed by atoms with Crippen LogP contribution in [0.1, 0.15) is 24.0 Å². The molecular formula is C17H19FN4O. The SMILES string of the molecule is Cc1cc(C[C@H](C)NCc2cc(=O)c3cccc(F)c3[nH]2)n[nH]1. The summed E-state index contributed by atoms with van der Waals surface area (Å²) in [5.41, 5.74) is 2.76. The van der Waals surface area contributed by atoms with Crippen molar-refractivity contribution in [2.45, 2.75) is 32.9 Å². The summed E-state index contributed by atoms with van der Waals surface area (Å²) in [7, 11) is 0. The Morgan fingerprint density at radius 3 is 2.91 bits per heavy atom. The fourth-order valence-electron chi connectivity index (χ4n) is 2.63. The summed E-state index contributed by atoms with van der Waals surface area (Å²) in [6, 6.07) is 8.21. The second kappa shape index (κ2) is 6.34. The van der Waals surface area contributed by atoms with Gasteiger partial charge in [-0.05, 0) is 32.0 Å². The van der Waals surface area contributed by atoms with E-state index in [1.807, 2.05) is 19.9 Å². The number of aryl methyl sites for hydroxylation is 1. The molecule has 23 heavy (non-hydrogen) atoms. The second-order valence-corrected chi connectivity index (χ2v) is 5.85. The van der Waals surface area contributed by atoms with Crippen LogP contribution in [0.4, 0.5) is 4.39 Å². The average Bonchev–Trinajstić information content (AvgIpc) is 2.91. The molecule has 0 saturated heterocycles. The van der Waals surface area contributed by atoms with E-state index < -0.39 is 5.82 Å². The van der Waals surface area contributed by atoms with Gasteiger partial charge < -0.3 is 10.3 Å². The first-order valence-corrected chi connectivity index (χ1v) is 7.57. The van der Waals surface area contributed by atoms with E-state index >= 15 is 0 Å². The number of benzene rings is 1. The van der Waals surface area contributed by atoms with Crippen LogP contribution in [0.15, 0.2) is 35.1 Å². The molecule has 0 spiro atoms. The van der Waals surface area contributed by atoms with Gasteiger partial charge >= 0.3 is 0 Å². The lowest BCUT2D eigenvalue weighted by Crippen LogP contribution is -2.28. The van der Waals surface area contributed by atoms with Crippen molar-refractivity contribution in [3.8, 4) is 0 Å². The zero-order valence-electron chi connectivity index (χ0n) is 13.1. The van der Waals surface area contributed by atoms with Crippen LogP contribution in [0.2, 0.25) is 0 Å². The third-order valence-corrected chi connectivity index (χ3v) is 3.79. The average molecular weight is 314 g/mol. The first kappa shape index (κ1) is 15.4. The van der Waals surface area contributed by atoms with E-state index in [9.17, 15) is 9.18 Å². The van der Waals surface area contributed by atoms with Crippen LogP contribution >= 0.6 is 0 Å². The minimum absolute atomic E-state index is 0.175. The summed E-state index contributed by atoms with van der Waals surface area (Å²) >= 11 is 0. The van der Waals surface area contributed by atoms with E-state index in [0.717, 1.165) is 17.8 Å². The van der Waals surface area contributed by atoms with Gasteiger partial charge in [-0.3, -0.25) is 9.89 Å². The Morgan fingerprint density at radius 2 is 2.17 bits per heavy atom. The Morgan fingerprint density at radius 1 is 1.35 bits per heavy atom. The molecule has 3 rings (SSSR count). The number of hydrogen-bond donors (Lipinski definition) is 3. The number of para-hydroxylation sites is 1. The maximum Gasteiger partial charge on any atom is 0.189 e. The number of H-pyrrole nitrogens is 2. The summed E-state index contributed by atoms with van der Waals surface area (Å²) in [5, 5.41) is 10.8. The Bertz CT molecular complexity index is 884. The monoisotopic (exact) mass is 314 g/mol. The Balaban J connectivity index is 1.72. The highest BCUT2D eigenvalue weighted by molar-refractivity contribution is 5.78. The van der Waals surface area contributed by atoms with Gasteiger partial charge in [0.1, 0.15) is 5.82 Å². The molecule has 5 nitrogen and oxygen atoms in total. The lowest BCUT2D eigenvalue weighted by Gasteiger charge is -2.13. The first-order chi connectivity index (χ1) is 11.0. The number of nitrogens with zero attached hydrogens (tertiary/aromatic N) is 1. The number of aromatic nitrogens is 3. The van der Waals surface area contributed by atoms with Gasteiger partial charge in [-0.15, -0.1) is 0 Å². The normalized spacial score (nSPS) is 12.7. The van der Waals surface area contributed by atoms with Gasteiger partial charge in [0.2, 0.25) is 0 Å². The van der Waals surface area contributed by atoms with Crippen LogP contribution in [-0.2, 0) is 13.0 Å². The molecule has 0 saturated carbocycles. The van der Waals surface area contributed by atoms with E-state index in [2.05, 4.69) is 20.5 Å². The summed E-state index contributed by atoms with van der Waals surface area (Å²) < 4.78 is 13.8. The molecule has 0 aliphatic carbocycles. The third-order valence-electron chi connectivity index (χ3n) is 3.79. The molecule has 0 aliphatic heterocycles. The highest BCUT2D eigenvalue weighted by Crippen LogP contribution is 2.12. The largest absolute Gasteiger partial charge is 0.355 e. The van der Waals surface area contributed by atoms with Gasteiger partial charge in [0.25, 0.3) is 0 Å². The van der Waals surface area contributed by atoms with Crippen LogP contribution in [-0.4, -0.2) is 21.2 Å². The van der Waals surface area contributed by atoms with Crippen molar-refractivity contribution in [1.82, 2.24) is 20.5 Å². The summed E-state index contributed by atoms with van der Waals surface area (Å²) in [4.78, 5) is 15.1. The van der Waals surface area contributed by atoms with Crippen LogP contribution in [0.3, 0.4) is 0 Å². The number of fused-ring (bicyclic) bond motifs is 1. The first-order valence-electron chi connectivity index (χ1n) is 7.57. The molecule has 0 aliphatic rings. The Labute approximate surface area is 132 Å². The van der Waals surface area contributed by atoms with Gasteiger partial charge in [0.15, 0.2) is 5.43 Å². The minimum Gasteiger partial charge on any atom is -0.355 e. The van der Waals surface area contributed by atoms with Crippen molar-refractivity contribution in [3.05, 3.63) is 63.5 Å². The van der Waals surface area contributed by atoms with Crippen molar-refractivity contribution in [1.29, 1.82) is 0 Å². The number of nitrogens with one attached hydrogen (secondary N) is 3. The number of rotatable bonds is 5. The highest BCUT2D eigenvalue weighted by atomic mass is 19.1. The lowest BCUT2D eigenvalue weighted by molar-refractivity contribution is 0.534. The van der Waals surface area contributed by atoms with Crippen molar-refractivity contribution in [2.75, 3.05) is 0 Å². The smallest absolute Gasteiger partial charge is 0.189 e. The molecule has 3 N–H and O–H groups in total. The zero-order valence-corrected chi connectivity index (χ0v) is 13.1. The second-order valence-electron chi connectivity index (χ2n) is 5.85. The van der Waals surface area contributed by atoms with Gasteiger partial charge in [-0.25, -0.2) is 4.39 Å². The molecule has 2 heterocycles. The quantitative estimate of drug-likeness (QED) is 0.677. The zero-order chi connectivity index (χ0) is 16.4. The molecule has 1 atom stereocenters. The molecule has 0 radical (unpaired) electrons. The number of pyridine rings is 1. The molecule has 120 valence electrons. The maximum absolute atomic E-state index is 13.8. The number of aromatic amines is 2. The van der Waals surface area contributed by atoms with Crippen molar-refractivity contribution in [2.24, 2.45) is 0 Å². The van der Waals surface area contributed by atoms with Crippen LogP contribution in [0.5, 0.6) is 0 Å². The molecule has 0 bridgehead atoms. The van der Waals surface area contributed by atoms with E-state index in [1.54, 1.807) is 12.1 Å². The molecule has 0 unspecified atom stereocenters. The molecule has 1 aromatic carbocycles. The van der Waals surface area contributed by atoms with Crippen molar-refractivity contribution >= 4 is 10.9 Å². The van der Waals surface area contributed by atoms with E-state index in [0.29, 0.717) is 17.6 Å². The highest BCUT2D eigenvalue weighted by Gasteiger charge is 2.09. The number of hydrogen-bond acceptors (Lipinski definition) is 3. The fourth-order valence-corrected chi connectivity index (χ4v) is 2.63. The molecule has 3 aromatic rings. The minimum atomic E-state index is -0.415. The van der Waals surface area contributed by atoms with Gasteiger partial charge in [0.05, 0.1) is 11.2 Å². The maximum atomic E-state index is 13.8. The summed E-state index contributed by atoms with van der Waals surface area (Å²) in [6.07, 6.45) is 0.774. The van der Waals surface area contributed by atoms with Gasteiger partial charge in [0, 0.05) is 41.8 Å². The Kier molecular flexibility index (Phi) is 4.25. The molecule has 0 amide bonds. The predicted octanol–water partition coefficient (Wildman–Crippen LogP) is 2.42. The molecule has 6 heteroatoms. The van der Waals surface area contributed by atoms with E-state index in [4.69, 9.17) is 0 Å². The Hall–Kier alpha value is -2.47. The molecule has 2 aromatic heterocycles. The fraction of sp³-hybridized carbons (Fsp3) is 0.294. The third kappa shape index (κ3) is 3.48. The van der Waals surface area contributed by atoms with Crippen LogP contribution in [0.25, 0.3) is 10.9 Å².